The minimum atomic E-state index is -0.932. The van der Waals surface area contributed by atoms with Gasteiger partial charge in [0.1, 0.15) is 0 Å². The topological polar surface area (TPSA) is 79.2 Å². The van der Waals surface area contributed by atoms with E-state index in [0.717, 1.165) is 12.0 Å². The third-order valence-electron chi connectivity index (χ3n) is 4.35. The molecule has 24 heavy (non-hydrogen) atoms. The normalized spacial score (nSPS) is 14.7. The van der Waals surface area contributed by atoms with Crippen LogP contribution in [0, 0.1) is 5.92 Å². The first kappa shape index (κ1) is 18.0. The van der Waals surface area contributed by atoms with E-state index in [1.165, 1.54) is 0 Å². The third kappa shape index (κ3) is 5.09. The lowest BCUT2D eigenvalue weighted by molar-refractivity contribution is 0.00826. The zero-order chi connectivity index (χ0) is 17.6. The fourth-order valence-corrected chi connectivity index (χ4v) is 2.32. The number of hydrogen-bond acceptors (Lipinski definition) is 3. The summed E-state index contributed by atoms with van der Waals surface area (Å²) in [7, 11) is 0. The third-order valence-corrected chi connectivity index (χ3v) is 4.35. The summed E-state index contributed by atoms with van der Waals surface area (Å²) >= 11 is 0. The van der Waals surface area contributed by atoms with Crippen LogP contribution in [0.4, 0.5) is 10.6 Å². The standard InChI is InChI=1S/C18H26N4O2/c1-4-14(2)18(3,24)13-19-17(23)20-16-10-11-22(21-16)12-15-8-6-5-7-9-15/h5-11,14,24H,4,12-13H2,1-3H3,(H2,19,20,21,23). The molecule has 1 heterocycles. The van der Waals surface area contributed by atoms with Crippen molar-refractivity contribution in [3.8, 4) is 0 Å². The molecule has 2 aromatic rings. The molecular weight excluding hydrogens is 304 g/mol. The van der Waals surface area contributed by atoms with Gasteiger partial charge in [-0.15, -0.1) is 0 Å². The van der Waals surface area contributed by atoms with Crippen LogP contribution in [0.25, 0.3) is 0 Å². The first-order valence-electron chi connectivity index (χ1n) is 8.25. The number of aliphatic hydroxyl groups is 1. The minimum absolute atomic E-state index is 0.0999. The molecule has 2 unspecified atom stereocenters. The number of amides is 2. The van der Waals surface area contributed by atoms with Crippen molar-refractivity contribution >= 4 is 11.8 Å². The predicted molar refractivity (Wildman–Crippen MR) is 94.9 cm³/mol. The number of aromatic nitrogens is 2. The van der Waals surface area contributed by atoms with Crippen LogP contribution in [0.3, 0.4) is 0 Å². The Morgan fingerprint density at radius 1 is 1.33 bits per heavy atom. The summed E-state index contributed by atoms with van der Waals surface area (Å²) in [5.74, 6) is 0.578. The van der Waals surface area contributed by atoms with Gasteiger partial charge in [0.2, 0.25) is 0 Å². The summed E-state index contributed by atoms with van der Waals surface area (Å²) in [6.07, 6.45) is 2.66. The van der Waals surface area contributed by atoms with Crippen LogP contribution in [0.15, 0.2) is 42.6 Å². The number of carbonyl (C=O) groups is 1. The van der Waals surface area contributed by atoms with Gasteiger partial charge in [-0.1, -0.05) is 50.6 Å². The maximum atomic E-state index is 12.0. The highest BCUT2D eigenvalue weighted by atomic mass is 16.3. The Labute approximate surface area is 142 Å². The predicted octanol–water partition coefficient (Wildman–Crippen LogP) is 2.85. The number of rotatable bonds is 7. The minimum Gasteiger partial charge on any atom is -0.388 e. The first-order valence-corrected chi connectivity index (χ1v) is 8.25. The molecule has 0 aliphatic rings. The molecule has 0 aliphatic heterocycles. The van der Waals surface area contributed by atoms with E-state index in [2.05, 4.69) is 15.7 Å². The number of nitrogens with zero attached hydrogens (tertiary/aromatic N) is 2. The molecule has 2 amide bonds. The molecular formula is C18H26N4O2. The van der Waals surface area contributed by atoms with Crippen molar-refractivity contribution in [2.45, 2.75) is 39.3 Å². The Kier molecular flexibility index (Phi) is 5.98. The first-order chi connectivity index (χ1) is 11.4. The number of anilines is 1. The summed E-state index contributed by atoms with van der Waals surface area (Å²) in [5, 5.41) is 20.0. The van der Waals surface area contributed by atoms with Crippen LogP contribution < -0.4 is 10.6 Å². The number of hydrogen-bond donors (Lipinski definition) is 3. The van der Waals surface area contributed by atoms with Gasteiger partial charge in [0.25, 0.3) is 0 Å². The quantitative estimate of drug-likeness (QED) is 0.730. The van der Waals surface area contributed by atoms with E-state index in [0.29, 0.717) is 12.4 Å². The fourth-order valence-electron chi connectivity index (χ4n) is 2.32. The van der Waals surface area contributed by atoms with Gasteiger partial charge in [0.15, 0.2) is 5.82 Å². The van der Waals surface area contributed by atoms with E-state index in [4.69, 9.17) is 0 Å². The van der Waals surface area contributed by atoms with Crippen molar-refractivity contribution in [1.82, 2.24) is 15.1 Å². The second kappa shape index (κ2) is 7.97. The average Bonchev–Trinajstić information content (AvgIpc) is 3.00. The van der Waals surface area contributed by atoms with Gasteiger partial charge in [-0.2, -0.15) is 5.10 Å². The maximum absolute atomic E-state index is 12.0. The molecule has 0 saturated carbocycles. The highest BCUT2D eigenvalue weighted by Crippen LogP contribution is 2.18. The van der Waals surface area contributed by atoms with E-state index in [-0.39, 0.29) is 18.5 Å². The Bertz CT molecular complexity index is 652. The van der Waals surface area contributed by atoms with Gasteiger partial charge < -0.3 is 10.4 Å². The Morgan fingerprint density at radius 3 is 2.71 bits per heavy atom. The van der Waals surface area contributed by atoms with E-state index in [1.54, 1.807) is 17.7 Å². The highest BCUT2D eigenvalue weighted by Gasteiger charge is 2.27. The van der Waals surface area contributed by atoms with Crippen LogP contribution >= 0.6 is 0 Å². The van der Waals surface area contributed by atoms with Crippen LogP contribution in [0.2, 0.25) is 0 Å². The number of benzene rings is 1. The van der Waals surface area contributed by atoms with Crippen LogP contribution in [-0.4, -0.2) is 33.1 Å². The monoisotopic (exact) mass is 330 g/mol. The number of carbonyl (C=O) groups excluding carboxylic acids is 1. The lowest BCUT2D eigenvalue weighted by Gasteiger charge is -2.29. The molecule has 6 nitrogen and oxygen atoms in total. The van der Waals surface area contributed by atoms with E-state index >= 15 is 0 Å². The van der Waals surface area contributed by atoms with Crippen molar-refractivity contribution in [2.24, 2.45) is 5.92 Å². The van der Waals surface area contributed by atoms with Gasteiger partial charge in [0, 0.05) is 18.8 Å². The van der Waals surface area contributed by atoms with Crippen LogP contribution in [-0.2, 0) is 6.54 Å². The molecule has 6 heteroatoms. The molecule has 0 bridgehead atoms. The van der Waals surface area contributed by atoms with E-state index in [1.807, 2.05) is 50.4 Å². The molecule has 0 radical (unpaired) electrons. The van der Waals surface area contributed by atoms with Gasteiger partial charge in [-0.25, -0.2) is 4.79 Å². The smallest absolute Gasteiger partial charge is 0.320 e. The van der Waals surface area contributed by atoms with Gasteiger partial charge in [-0.05, 0) is 18.4 Å². The molecule has 130 valence electrons. The summed E-state index contributed by atoms with van der Waals surface area (Å²) in [4.78, 5) is 12.0. The van der Waals surface area contributed by atoms with Gasteiger partial charge >= 0.3 is 6.03 Å². The van der Waals surface area contributed by atoms with E-state index in [9.17, 15) is 9.90 Å². The van der Waals surface area contributed by atoms with Crippen molar-refractivity contribution < 1.29 is 9.90 Å². The largest absolute Gasteiger partial charge is 0.388 e. The molecule has 2 rings (SSSR count). The van der Waals surface area contributed by atoms with Crippen molar-refractivity contribution in [3.63, 3.8) is 0 Å². The van der Waals surface area contributed by atoms with Gasteiger partial charge in [-0.3, -0.25) is 10.00 Å². The van der Waals surface area contributed by atoms with Crippen molar-refractivity contribution in [2.75, 3.05) is 11.9 Å². The Balaban J connectivity index is 1.84. The molecule has 0 fully saturated rings. The molecule has 0 spiro atoms. The highest BCUT2D eigenvalue weighted by molar-refractivity contribution is 5.88. The SMILES string of the molecule is CCC(C)C(C)(O)CNC(=O)Nc1ccn(Cc2ccccc2)n1. The lowest BCUT2D eigenvalue weighted by atomic mass is 9.89. The lowest BCUT2D eigenvalue weighted by Crippen LogP contribution is -2.46. The summed E-state index contributed by atoms with van der Waals surface area (Å²) < 4.78 is 1.76. The van der Waals surface area contributed by atoms with Crippen LogP contribution in [0.5, 0.6) is 0 Å². The van der Waals surface area contributed by atoms with E-state index < -0.39 is 5.60 Å². The zero-order valence-corrected chi connectivity index (χ0v) is 14.5. The van der Waals surface area contributed by atoms with Crippen LogP contribution in [0.1, 0.15) is 32.8 Å². The summed E-state index contributed by atoms with van der Waals surface area (Å²) in [5.41, 5.74) is 0.208. The molecule has 2 atom stereocenters. The molecule has 1 aromatic carbocycles. The summed E-state index contributed by atoms with van der Waals surface area (Å²) in [6.45, 7) is 6.55. The maximum Gasteiger partial charge on any atom is 0.320 e. The fraction of sp³-hybridized carbons (Fsp3) is 0.444. The second-order valence-electron chi connectivity index (χ2n) is 6.36. The second-order valence-corrected chi connectivity index (χ2v) is 6.36. The average molecular weight is 330 g/mol. The van der Waals surface area contributed by atoms with Crippen molar-refractivity contribution in [3.05, 3.63) is 48.2 Å². The van der Waals surface area contributed by atoms with Gasteiger partial charge in [0.05, 0.1) is 12.1 Å². The molecule has 1 aromatic heterocycles. The Morgan fingerprint density at radius 2 is 2.04 bits per heavy atom. The Hall–Kier alpha value is -2.34. The molecule has 3 N–H and O–H groups in total. The number of urea groups is 1. The zero-order valence-electron chi connectivity index (χ0n) is 14.5. The number of nitrogens with one attached hydrogen (secondary N) is 2. The molecule has 0 aliphatic carbocycles. The summed E-state index contributed by atoms with van der Waals surface area (Å²) in [6, 6.07) is 11.4. The van der Waals surface area contributed by atoms with Crippen molar-refractivity contribution in [1.29, 1.82) is 0 Å². The molecule has 0 saturated heterocycles.